The number of anilines is 1. The van der Waals surface area contributed by atoms with E-state index in [0.717, 1.165) is 16.1 Å². The van der Waals surface area contributed by atoms with Gasteiger partial charge in [-0.1, -0.05) is 12.1 Å². The smallest absolute Gasteiger partial charge is 0.258 e. The van der Waals surface area contributed by atoms with Gasteiger partial charge in [0.15, 0.2) is 5.16 Å². The Morgan fingerprint density at radius 2 is 1.90 bits per heavy atom. The molecule has 0 spiro atoms. The number of rotatable bonds is 7. The number of H-pyrrole nitrogens is 1. The van der Waals surface area contributed by atoms with Crippen LogP contribution in [0.5, 0.6) is 0 Å². The molecule has 31 heavy (non-hydrogen) atoms. The van der Waals surface area contributed by atoms with Crippen molar-refractivity contribution in [3.05, 3.63) is 82.7 Å². The number of carbonyl (C=O) groups is 1. The molecule has 0 saturated carbocycles. The van der Waals surface area contributed by atoms with Crippen molar-refractivity contribution >= 4 is 34.3 Å². The molecule has 8 heteroatoms. The Morgan fingerprint density at radius 1 is 1.10 bits per heavy atom. The van der Waals surface area contributed by atoms with Gasteiger partial charge >= 0.3 is 0 Å². The first kappa shape index (κ1) is 20.7. The van der Waals surface area contributed by atoms with Gasteiger partial charge in [0.2, 0.25) is 5.91 Å². The summed E-state index contributed by atoms with van der Waals surface area (Å²) in [5.74, 6) is 0.523. The molecule has 0 atom stereocenters. The zero-order chi connectivity index (χ0) is 21.6. The molecule has 4 aromatic rings. The number of aromatic nitrogens is 4. The summed E-state index contributed by atoms with van der Waals surface area (Å²) < 4.78 is 0. The third kappa shape index (κ3) is 5.35. The van der Waals surface area contributed by atoms with Gasteiger partial charge in [-0.15, -0.1) is 0 Å². The van der Waals surface area contributed by atoms with Crippen LogP contribution in [0.4, 0.5) is 5.69 Å². The fourth-order valence-corrected chi connectivity index (χ4v) is 3.98. The lowest BCUT2D eigenvalue weighted by Gasteiger charge is -2.10. The fourth-order valence-electron chi connectivity index (χ4n) is 3.17. The van der Waals surface area contributed by atoms with E-state index >= 15 is 0 Å². The summed E-state index contributed by atoms with van der Waals surface area (Å²) in [6.07, 6.45) is 4.87. The third-order valence-electron chi connectivity index (χ3n) is 4.70. The summed E-state index contributed by atoms with van der Waals surface area (Å²) in [5.41, 5.74) is 2.26. The van der Waals surface area contributed by atoms with Crippen LogP contribution in [0.15, 0.2) is 75.8 Å². The number of hydrogen-bond donors (Lipinski definition) is 2. The van der Waals surface area contributed by atoms with E-state index in [2.05, 4.69) is 25.3 Å². The minimum atomic E-state index is -0.153. The van der Waals surface area contributed by atoms with Crippen LogP contribution in [0.3, 0.4) is 0 Å². The molecule has 0 aliphatic heterocycles. The second-order valence-electron chi connectivity index (χ2n) is 7.04. The van der Waals surface area contributed by atoms with Crippen LogP contribution < -0.4 is 10.9 Å². The average molecular weight is 432 g/mol. The second kappa shape index (κ2) is 9.53. The normalized spacial score (nSPS) is 10.9. The quantitative estimate of drug-likeness (QED) is 0.427. The molecule has 0 fully saturated rings. The molecule has 1 amide bonds. The maximum atomic E-state index is 12.4. The van der Waals surface area contributed by atoms with E-state index in [1.54, 1.807) is 24.5 Å². The van der Waals surface area contributed by atoms with E-state index in [9.17, 15) is 9.59 Å². The largest absolute Gasteiger partial charge is 0.326 e. The monoisotopic (exact) mass is 431 g/mol. The van der Waals surface area contributed by atoms with Gasteiger partial charge in [-0.3, -0.25) is 9.59 Å². The SMILES string of the molecule is Cc1cc(Sc2ncccn2)ccc1NC(=O)CCCc1nc2ccccc2c(=O)[nH]1. The number of para-hydroxylation sites is 1. The van der Waals surface area contributed by atoms with Crippen LogP contribution in [0.1, 0.15) is 24.2 Å². The molecule has 0 saturated heterocycles. The van der Waals surface area contributed by atoms with Crippen LogP contribution >= 0.6 is 11.8 Å². The van der Waals surface area contributed by atoms with Gasteiger partial charge < -0.3 is 10.3 Å². The summed E-state index contributed by atoms with van der Waals surface area (Å²) >= 11 is 1.47. The number of nitrogens with one attached hydrogen (secondary N) is 2. The van der Waals surface area contributed by atoms with E-state index in [0.29, 0.717) is 41.1 Å². The number of hydrogen-bond acceptors (Lipinski definition) is 6. The molecule has 156 valence electrons. The highest BCUT2D eigenvalue weighted by Gasteiger charge is 2.09. The topological polar surface area (TPSA) is 101 Å². The Hall–Kier alpha value is -3.52. The van der Waals surface area contributed by atoms with E-state index in [4.69, 9.17) is 0 Å². The maximum Gasteiger partial charge on any atom is 0.258 e. The van der Waals surface area contributed by atoms with E-state index in [-0.39, 0.29) is 11.5 Å². The zero-order valence-electron chi connectivity index (χ0n) is 17.0. The number of amides is 1. The fraction of sp³-hybridized carbons (Fsp3) is 0.174. The van der Waals surface area contributed by atoms with Gasteiger partial charge in [0.25, 0.3) is 5.56 Å². The summed E-state index contributed by atoms with van der Waals surface area (Å²) in [4.78, 5) is 41.2. The molecule has 0 unspecified atom stereocenters. The maximum absolute atomic E-state index is 12.4. The molecule has 4 rings (SSSR count). The lowest BCUT2D eigenvalue weighted by Crippen LogP contribution is -2.14. The van der Waals surface area contributed by atoms with Gasteiger partial charge in [-0.25, -0.2) is 15.0 Å². The molecule has 7 nitrogen and oxygen atoms in total. The van der Waals surface area contributed by atoms with Crippen molar-refractivity contribution in [1.82, 2.24) is 19.9 Å². The van der Waals surface area contributed by atoms with Crippen molar-refractivity contribution in [2.24, 2.45) is 0 Å². The van der Waals surface area contributed by atoms with Crippen LogP contribution in [-0.2, 0) is 11.2 Å². The number of aromatic amines is 1. The van der Waals surface area contributed by atoms with Crippen LogP contribution in [0, 0.1) is 6.92 Å². The van der Waals surface area contributed by atoms with Crippen molar-refractivity contribution in [3.8, 4) is 0 Å². The molecule has 2 aromatic carbocycles. The van der Waals surface area contributed by atoms with Crippen LogP contribution in [0.25, 0.3) is 10.9 Å². The van der Waals surface area contributed by atoms with Crippen molar-refractivity contribution < 1.29 is 4.79 Å². The van der Waals surface area contributed by atoms with Gasteiger partial charge in [0, 0.05) is 35.8 Å². The number of benzene rings is 2. The highest BCUT2D eigenvalue weighted by atomic mass is 32.2. The number of aryl methyl sites for hydroxylation is 2. The van der Waals surface area contributed by atoms with Gasteiger partial charge in [0.05, 0.1) is 10.9 Å². The summed E-state index contributed by atoms with van der Waals surface area (Å²) in [7, 11) is 0. The minimum absolute atomic E-state index is 0.0713. The summed E-state index contributed by atoms with van der Waals surface area (Å²) in [5, 5.41) is 4.21. The van der Waals surface area contributed by atoms with Crippen molar-refractivity contribution in [2.45, 2.75) is 36.2 Å². The molecular formula is C23H21N5O2S. The first-order valence-electron chi connectivity index (χ1n) is 9.92. The third-order valence-corrected chi connectivity index (χ3v) is 5.59. The van der Waals surface area contributed by atoms with Crippen molar-refractivity contribution in [3.63, 3.8) is 0 Å². The first-order chi connectivity index (χ1) is 15.1. The standard InChI is InChI=1S/C23H21N5O2S/c1-15-14-16(31-23-24-12-5-13-25-23)10-11-18(15)27-21(29)9-4-8-20-26-19-7-3-2-6-17(19)22(30)28-20/h2-3,5-7,10-14H,4,8-9H2,1H3,(H,27,29)(H,26,28,30). The molecule has 0 bridgehead atoms. The van der Waals surface area contributed by atoms with E-state index in [1.165, 1.54) is 11.8 Å². The Kier molecular flexibility index (Phi) is 6.37. The average Bonchev–Trinajstić information content (AvgIpc) is 2.76. The second-order valence-corrected chi connectivity index (χ2v) is 8.08. The Morgan fingerprint density at radius 3 is 2.71 bits per heavy atom. The number of nitrogens with zero attached hydrogens (tertiary/aromatic N) is 3. The Labute approximate surface area is 183 Å². The zero-order valence-corrected chi connectivity index (χ0v) is 17.8. The van der Waals surface area contributed by atoms with Crippen molar-refractivity contribution in [1.29, 1.82) is 0 Å². The Bertz CT molecular complexity index is 1270. The predicted molar refractivity (Wildman–Crippen MR) is 121 cm³/mol. The molecule has 0 aliphatic carbocycles. The molecule has 0 radical (unpaired) electrons. The minimum Gasteiger partial charge on any atom is -0.326 e. The van der Waals surface area contributed by atoms with Crippen LogP contribution in [-0.4, -0.2) is 25.8 Å². The lowest BCUT2D eigenvalue weighted by molar-refractivity contribution is -0.116. The molecule has 0 aliphatic rings. The van der Waals surface area contributed by atoms with E-state index in [1.807, 2.05) is 43.3 Å². The highest BCUT2D eigenvalue weighted by molar-refractivity contribution is 7.99. The Balaban J connectivity index is 1.32. The summed E-state index contributed by atoms with van der Waals surface area (Å²) in [6, 6.07) is 14.8. The van der Waals surface area contributed by atoms with Gasteiger partial charge in [0.1, 0.15) is 5.82 Å². The number of carbonyl (C=O) groups excluding carboxylic acids is 1. The lowest BCUT2D eigenvalue weighted by atomic mass is 10.1. The van der Waals surface area contributed by atoms with Crippen LogP contribution in [0.2, 0.25) is 0 Å². The molecule has 2 heterocycles. The number of fused-ring (bicyclic) bond motifs is 1. The molecular weight excluding hydrogens is 410 g/mol. The van der Waals surface area contributed by atoms with Crippen molar-refractivity contribution in [2.75, 3.05) is 5.32 Å². The van der Waals surface area contributed by atoms with Gasteiger partial charge in [-0.05, 0) is 67.1 Å². The highest BCUT2D eigenvalue weighted by Crippen LogP contribution is 2.28. The first-order valence-corrected chi connectivity index (χ1v) is 10.7. The predicted octanol–water partition coefficient (Wildman–Crippen LogP) is 4.13. The van der Waals surface area contributed by atoms with E-state index < -0.39 is 0 Å². The molecule has 2 N–H and O–H groups in total. The van der Waals surface area contributed by atoms with Gasteiger partial charge in [-0.2, -0.15) is 0 Å². The summed E-state index contributed by atoms with van der Waals surface area (Å²) in [6.45, 7) is 1.95. The molecule has 2 aromatic heterocycles.